The molecule has 0 amide bonds. The summed E-state index contributed by atoms with van der Waals surface area (Å²) in [6.07, 6.45) is -4.44. The molecule has 0 radical (unpaired) electrons. The van der Waals surface area contributed by atoms with Gasteiger partial charge in [0.1, 0.15) is 0 Å². The predicted molar refractivity (Wildman–Crippen MR) is 68.4 cm³/mol. The van der Waals surface area contributed by atoms with Crippen molar-refractivity contribution in [3.63, 3.8) is 0 Å². The lowest BCUT2D eigenvalue weighted by Gasteiger charge is -2.23. The lowest BCUT2D eigenvalue weighted by Crippen LogP contribution is -2.23. The Balaban J connectivity index is 2.84. The molecule has 2 atom stereocenters. The van der Waals surface area contributed by atoms with E-state index in [0.717, 1.165) is 18.6 Å². The number of aliphatic hydroxyl groups is 1. The van der Waals surface area contributed by atoms with Crippen LogP contribution in [0, 0.1) is 11.8 Å². The standard InChI is InChI=1S/C14H20F3NO/c1-9(2)7-11(8-18)13(19)10-3-5-12(6-4-10)14(15,16)17/h3-6,9,11,13,19H,7-8,18H2,1-2H3. The quantitative estimate of drug-likeness (QED) is 0.865. The number of halogens is 3. The van der Waals surface area contributed by atoms with E-state index in [9.17, 15) is 18.3 Å². The van der Waals surface area contributed by atoms with Gasteiger partial charge in [-0.15, -0.1) is 0 Å². The van der Waals surface area contributed by atoms with Gasteiger partial charge in [0.2, 0.25) is 0 Å². The summed E-state index contributed by atoms with van der Waals surface area (Å²) in [6, 6.07) is 4.61. The van der Waals surface area contributed by atoms with Crippen LogP contribution in [-0.2, 0) is 6.18 Å². The van der Waals surface area contributed by atoms with E-state index in [2.05, 4.69) is 0 Å². The van der Waals surface area contributed by atoms with E-state index in [0.29, 0.717) is 18.0 Å². The van der Waals surface area contributed by atoms with Crippen LogP contribution in [0.2, 0.25) is 0 Å². The van der Waals surface area contributed by atoms with E-state index < -0.39 is 17.8 Å². The minimum atomic E-state index is -4.35. The fourth-order valence-electron chi connectivity index (χ4n) is 2.10. The Morgan fingerprint density at radius 2 is 1.68 bits per heavy atom. The average molecular weight is 275 g/mol. The summed E-state index contributed by atoms with van der Waals surface area (Å²) in [5.74, 6) is 0.231. The average Bonchev–Trinajstić information content (AvgIpc) is 2.34. The van der Waals surface area contributed by atoms with Crippen LogP contribution in [0.4, 0.5) is 13.2 Å². The number of benzene rings is 1. The highest BCUT2D eigenvalue weighted by Crippen LogP contribution is 2.32. The molecule has 1 aromatic carbocycles. The van der Waals surface area contributed by atoms with Crippen LogP contribution in [-0.4, -0.2) is 11.7 Å². The van der Waals surface area contributed by atoms with Crippen LogP contribution in [0.3, 0.4) is 0 Å². The van der Waals surface area contributed by atoms with E-state index in [-0.39, 0.29) is 5.92 Å². The summed E-state index contributed by atoms with van der Waals surface area (Å²) in [5, 5.41) is 10.2. The number of hydrogen-bond donors (Lipinski definition) is 2. The van der Waals surface area contributed by atoms with Crippen LogP contribution in [0.25, 0.3) is 0 Å². The van der Waals surface area contributed by atoms with Crippen LogP contribution < -0.4 is 5.73 Å². The second-order valence-electron chi connectivity index (χ2n) is 5.19. The molecule has 0 spiro atoms. The molecule has 0 heterocycles. The molecule has 0 saturated heterocycles. The van der Waals surface area contributed by atoms with Gasteiger partial charge < -0.3 is 10.8 Å². The molecular formula is C14H20F3NO. The summed E-state index contributed by atoms with van der Waals surface area (Å²) in [6.45, 7) is 4.34. The number of alkyl halides is 3. The molecule has 0 aromatic heterocycles. The molecule has 1 aromatic rings. The van der Waals surface area contributed by atoms with Crippen molar-refractivity contribution < 1.29 is 18.3 Å². The molecule has 0 bridgehead atoms. The summed E-state index contributed by atoms with van der Waals surface area (Å²) in [7, 11) is 0. The van der Waals surface area contributed by atoms with Gasteiger partial charge in [-0.1, -0.05) is 26.0 Å². The molecule has 0 aliphatic carbocycles. The highest BCUT2D eigenvalue weighted by molar-refractivity contribution is 5.26. The van der Waals surface area contributed by atoms with Gasteiger partial charge >= 0.3 is 6.18 Å². The molecule has 5 heteroatoms. The van der Waals surface area contributed by atoms with Crippen molar-refractivity contribution in [2.45, 2.75) is 32.5 Å². The lowest BCUT2D eigenvalue weighted by atomic mass is 9.88. The van der Waals surface area contributed by atoms with E-state index in [4.69, 9.17) is 5.73 Å². The van der Waals surface area contributed by atoms with Gasteiger partial charge in [0.05, 0.1) is 11.7 Å². The van der Waals surface area contributed by atoms with Crippen LogP contribution in [0.5, 0.6) is 0 Å². The Kier molecular flexibility index (Phi) is 5.38. The Morgan fingerprint density at radius 3 is 2.05 bits per heavy atom. The second-order valence-corrected chi connectivity index (χ2v) is 5.19. The smallest absolute Gasteiger partial charge is 0.388 e. The number of aliphatic hydroxyl groups excluding tert-OH is 1. The highest BCUT2D eigenvalue weighted by Gasteiger charge is 2.30. The van der Waals surface area contributed by atoms with Crippen molar-refractivity contribution in [1.82, 2.24) is 0 Å². The Labute approximate surface area is 111 Å². The summed E-state index contributed by atoms with van der Waals surface area (Å²) in [5.41, 5.74) is 5.38. The normalized spacial score (nSPS) is 15.6. The monoisotopic (exact) mass is 275 g/mol. The van der Waals surface area contributed by atoms with Crippen LogP contribution in [0.15, 0.2) is 24.3 Å². The summed E-state index contributed by atoms with van der Waals surface area (Å²) in [4.78, 5) is 0. The molecular weight excluding hydrogens is 255 g/mol. The molecule has 0 aliphatic heterocycles. The topological polar surface area (TPSA) is 46.2 Å². The third kappa shape index (κ3) is 4.51. The number of nitrogens with two attached hydrogens (primary N) is 1. The maximum absolute atomic E-state index is 12.4. The van der Waals surface area contributed by atoms with Crippen molar-refractivity contribution in [2.75, 3.05) is 6.54 Å². The molecule has 19 heavy (non-hydrogen) atoms. The minimum absolute atomic E-state index is 0.142. The van der Waals surface area contributed by atoms with E-state index in [1.807, 2.05) is 13.8 Å². The van der Waals surface area contributed by atoms with Crippen molar-refractivity contribution in [3.8, 4) is 0 Å². The first-order chi connectivity index (χ1) is 8.75. The molecule has 1 rings (SSSR count). The Morgan fingerprint density at radius 1 is 1.16 bits per heavy atom. The molecule has 0 aliphatic rings. The van der Waals surface area contributed by atoms with Gasteiger partial charge in [0.25, 0.3) is 0 Å². The summed E-state index contributed by atoms with van der Waals surface area (Å²) < 4.78 is 37.3. The largest absolute Gasteiger partial charge is 0.416 e. The third-order valence-corrected chi connectivity index (χ3v) is 3.10. The molecule has 2 unspecified atom stereocenters. The minimum Gasteiger partial charge on any atom is -0.388 e. The van der Waals surface area contributed by atoms with Crippen LogP contribution >= 0.6 is 0 Å². The molecule has 3 N–H and O–H groups in total. The Hall–Kier alpha value is -1.07. The first kappa shape index (κ1) is 16.0. The van der Waals surface area contributed by atoms with Gasteiger partial charge in [-0.3, -0.25) is 0 Å². The summed E-state index contributed by atoms with van der Waals surface area (Å²) >= 11 is 0. The highest BCUT2D eigenvalue weighted by atomic mass is 19.4. The zero-order valence-electron chi connectivity index (χ0n) is 11.1. The first-order valence-electron chi connectivity index (χ1n) is 6.31. The fraction of sp³-hybridized carbons (Fsp3) is 0.571. The van der Waals surface area contributed by atoms with Crippen molar-refractivity contribution >= 4 is 0 Å². The van der Waals surface area contributed by atoms with Crippen LogP contribution in [0.1, 0.15) is 37.5 Å². The third-order valence-electron chi connectivity index (χ3n) is 3.10. The predicted octanol–water partition coefficient (Wildman–Crippen LogP) is 3.36. The maximum atomic E-state index is 12.4. The van der Waals surface area contributed by atoms with Crippen molar-refractivity contribution in [3.05, 3.63) is 35.4 Å². The second kappa shape index (κ2) is 6.39. The van der Waals surface area contributed by atoms with Crippen molar-refractivity contribution in [1.29, 1.82) is 0 Å². The van der Waals surface area contributed by atoms with E-state index in [1.54, 1.807) is 0 Å². The van der Waals surface area contributed by atoms with Gasteiger partial charge in [-0.05, 0) is 36.6 Å². The molecule has 2 nitrogen and oxygen atoms in total. The molecule has 0 saturated carbocycles. The lowest BCUT2D eigenvalue weighted by molar-refractivity contribution is -0.137. The Bertz CT molecular complexity index is 387. The van der Waals surface area contributed by atoms with E-state index in [1.165, 1.54) is 12.1 Å². The van der Waals surface area contributed by atoms with Gasteiger partial charge in [-0.25, -0.2) is 0 Å². The SMILES string of the molecule is CC(C)CC(CN)C(O)c1ccc(C(F)(F)F)cc1. The van der Waals surface area contributed by atoms with Gasteiger partial charge in [0, 0.05) is 5.92 Å². The molecule has 0 fully saturated rings. The molecule has 108 valence electrons. The fourth-order valence-corrected chi connectivity index (χ4v) is 2.10. The number of hydrogen-bond acceptors (Lipinski definition) is 2. The first-order valence-corrected chi connectivity index (χ1v) is 6.31. The van der Waals surface area contributed by atoms with E-state index >= 15 is 0 Å². The van der Waals surface area contributed by atoms with Gasteiger partial charge in [-0.2, -0.15) is 13.2 Å². The maximum Gasteiger partial charge on any atom is 0.416 e. The van der Waals surface area contributed by atoms with Crippen molar-refractivity contribution in [2.24, 2.45) is 17.6 Å². The zero-order valence-corrected chi connectivity index (χ0v) is 11.1. The van der Waals surface area contributed by atoms with Gasteiger partial charge in [0.15, 0.2) is 0 Å². The number of rotatable bonds is 5. The zero-order chi connectivity index (χ0) is 14.6.